The predicted molar refractivity (Wildman–Crippen MR) is 85.8 cm³/mol. The van der Waals surface area contributed by atoms with Crippen molar-refractivity contribution in [2.45, 2.75) is 26.4 Å². The smallest absolute Gasteiger partial charge is 0.352 e. The molecule has 0 bridgehead atoms. The summed E-state index contributed by atoms with van der Waals surface area (Å²) in [4.78, 5) is 24.5. The van der Waals surface area contributed by atoms with Crippen molar-refractivity contribution in [3.05, 3.63) is 34.8 Å². The van der Waals surface area contributed by atoms with E-state index < -0.39 is 18.0 Å². The number of nitrogens with one attached hydrogen (secondary N) is 1. The van der Waals surface area contributed by atoms with E-state index >= 15 is 0 Å². The van der Waals surface area contributed by atoms with Crippen LogP contribution in [0.4, 0.5) is 5.69 Å². The van der Waals surface area contributed by atoms with Crippen LogP contribution in [0, 0.1) is 0 Å². The van der Waals surface area contributed by atoms with Crippen LogP contribution in [0.1, 0.15) is 29.2 Å². The van der Waals surface area contributed by atoms with Crippen LogP contribution in [0.15, 0.2) is 24.3 Å². The van der Waals surface area contributed by atoms with Crippen LogP contribution in [-0.4, -0.2) is 34.7 Å². The number of methoxy groups -OCH3 is 1. The number of carbonyl (C=O) groups is 2. The van der Waals surface area contributed by atoms with E-state index in [0.29, 0.717) is 28.4 Å². The summed E-state index contributed by atoms with van der Waals surface area (Å²) in [6.07, 6.45) is -0.357. The molecule has 1 amide bonds. The van der Waals surface area contributed by atoms with Crippen molar-refractivity contribution in [3.63, 3.8) is 0 Å². The Morgan fingerprint density at radius 2 is 2.00 bits per heavy atom. The highest BCUT2D eigenvalue weighted by Crippen LogP contribution is 2.17. The van der Waals surface area contributed by atoms with E-state index in [1.807, 2.05) is 6.92 Å². The molecule has 0 spiro atoms. The molecule has 0 aliphatic rings. The number of benzene rings is 1. The lowest BCUT2D eigenvalue weighted by Gasteiger charge is -2.13. The Morgan fingerprint density at radius 3 is 2.61 bits per heavy atom. The molecule has 23 heavy (non-hydrogen) atoms. The largest absolute Gasteiger partial charge is 0.497 e. The third-order valence-electron chi connectivity index (χ3n) is 3.09. The minimum atomic E-state index is -0.934. The zero-order chi connectivity index (χ0) is 16.8. The fourth-order valence-electron chi connectivity index (χ4n) is 1.78. The number of amides is 1. The topological polar surface area (TPSA) is 90.4 Å². The van der Waals surface area contributed by atoms with Gasteiger partial charge in [-0.2, -0.15) is 0 Å². The molecule has 7 nitrogen and oxygen atoms in total. The van der Waals surface area contributed by atoms with E-state index in [1.165, 1.54) is 6.92 Å². The maximum Gasteiger partial charge on any atom is 0.352 e. The Morgan fingerprint density at radius 1 is 1.30 bits per heavy atom. The molecule has 1 atom stereocenters. The van der Waals surface area contributed by atoms with Crippen molar-refractivity contribution in [1.82, 2.24) is 9.59 Å². The van der Waals surface area contributed by atoms with Gasteiger partial charge in [-0.3, -0.25) is 4.79 Å². The van der Waals surface area contributed by atoms with Gasteiger partial charge >= 0.3 is 5.97 Å². The molecule has 2 rings (SSSR count). The summed E-state index contributed by atoms with van der Waals surface area (Å²) in [7, 11) is 1.56. The molecule has 0 aliphatic heterocycles. The van der Waals surface area contributed by atoms with Crippen molar-refractivity contribution in [1.29, 1.82) is 0 Å². The minimum absolute atomic E-state index is 0.330. The molecule has 1 aromatic carbocycles. The number of carbonyl (C=O) groups excluding carboxylic acids is 2. The second-order valence-corrected chi connectivity index (χ2v) is 5.42. The third kappa shape index (κ3) is 4.26. The fourth-order valence-corrected chi connectivity index (χ4v) is 2.42. The molecule has 1 N–H and O–H groups in total. The first-order valence-electron chi connectivity index (χ1n) is 7.02. The zero-order valence-corrected chi connectivity index (χ0v) is 13.8. The predicted octanol–water partition coefficient (Wildman–Crippen LogP) is 2.29. The van der Waals surface area contributed by atoms with E-state index in [9.17, 15) is 9.59 Å². The van der Waals surface area contributed by atoms with Crippen LogP contribution in [0.3, 0.4) is 0 Å². The first kappa shape index (κ1) is 16.9. The number of aryl methyl sites for hydroxylation is 1. The van der Waals surface area contributed by atoms with Crippen molar-refractivity contribution >= 4 is 29.1 Å². The van der Waals surface area contributed by atoms with Gasteiger partial charge in [0.2, 0.25) is 0 Å². The summed E-state index contributed by atoms with van der Waals surface area (Å²) in [5.74, 6) is -0.319. The van der Waals surface area contributed by atoms with Gasteiger partial charge in [0, 0.05) is 5.69 Å². The van der Waals surface area contributed by atoms with Crippen LogP contribution in [0.2, 0.25) is 0 Å². The molecule has 0 fully saturated rings. The van der Waals surface area contributed by atoms with Crippen molar-refractivity contribution in [2.24, 2.45) is 0 Å². The molecule has 1 unspecified atom stereocenters. The van der Waals surface area contributed by atoms with Crippen LogP contribution in [-0.2, 0) is 16.0 Å². The van der Waals surface area contributed by atoms with E-state index in [1.54, 1.807) is 31.4 Å². The second kappa shape index (κ2) is 7.68. The molecule has 0 aliphatic carbocycles. The first-order chi connectivity index (χ1) is 11.0. The lowest BCUT2D eigenvalue weighted by molar-refractivity contribution is -0.123. The van der Waals surface area contributed by atoms with Crippen LogP contribution >= 0.6 is 11.5 Å². The highest BCUT2D eigenvalue weighted by Gasteiger charge is 2.22. The van der Waals surface area contributed by atoms with Crippen LogP contribution in [0.25, 0.3) is 0 Å². The van der Waals surface area contributed by atoms with Crippen molar-refractivity contribution < 1.29 is 19.1 Å². The van der Waals surface area contributed by atoms with Gasteiger partial charge in [0.1, 0.15) is 5.75 Å². The SMILES string of the molecule is CCc1nnsc1C(=O)OC(C)C(=O)Nc1ccc(OC)cc1. The molecule has 1 heterocycles. The Kier molecular flexibility index (Phi) is 5.64. The maximum absolute atomic E-state index is 12.1. The summed E-state index contributed by atoms with van der Waals surface area (Å²) >= 11 is 0.963. The number of nitrogens with zero attached hydrogens (tertiary/aromatic N) is 2. The maximum atomic E-state index is 12.1. The quantitative estimate of drug-likeness (QED) is 0.815. The zero-order valence-electron chi connectivity index (χ0n) is 13.0. The van der Waals surface area contributed by atoms with Gasteiger partial charge < -0.3 is 14.8 Å². The first-order valence-corrected chi connectivity index (χ1v) is 7.79. The number of hydrogen-bond acceptors (Lipinski definition) is 7. The Balaban J connectivity index is 1.95. The summed E-state index contributed by atoms with van der Waals surface area (Å²) in [5.41, 5.74) is 1.16. The summed E-state index contributed by atoms with van der Waals surface area (Å²) in [5, 5.41) is 6.52. The summed E-state index contributed by atoms with van der Waals surface area (Å²) in [6.45, 7) is 3.38. The number of ether oxygens (including phenoxy) is 2. The molecule has 0 saturated carbocycles. The van der Waals surface area contributed by atoms with Crippen LogP contribution in [0.5, 0.6) is 5.75 Å². The van der Waals surface area contributed by atoms with Gasteiger partial charge in [-0.15, -0.1) is 5.10 Å². The second-order valence-electron chi connectivity index (χ2n) is 4.67. The lowest BCUT2D eigenvalue weighted by Crippen LogP contribution is -2.30. The lowest BCUT2D eigenvalue weighted by atomic mass is 10.2. The number of aromatic nitrogens is 2. The molecular formula is C15H17N3O4S. The van der Waals surface area contributed by atoms with Gasteiger partial charge in [-0.1, -0.05) is 11.4 Å². The Labute approximate surface area is 137 Å². The minimum Gasteiger partial charge on any atom is -0.497 e. The average Bonchev–Trinajstić information content (AvgIpc) is 3.04. The molecule has 1 aromatic heterocycles. The Hall–Kier alpha value is -2.48. The van der Waals surface area contributed by atoms with E-state index in [4.69, 9.17) is 9.47 Å². The monoisotopic (exact) mass is 335 g/mol. The van der Waals surface area contributed by atoms with Gasteiger partial charge in [-0.05, 0) is 49.1 Å². The van der Waals surface area contributed by atoms with Gasteiger partial charge in [-0.25, -0.2) is 4.79 Å². The van der Waals surface area contributed by atoms with E-state index in [2.05, 4.69) is 14.9 Å². The van der Waals surface area contributed by atoms with Crippen molar-refractivity contribution in [2.75, 3.05) is 12.4 Å². The normalized spacial score (nSPS) is 11.6. The van der Waals surface area contributed by atoms with Gasteiger partial charge in [0.15, 0.2) is 11.0 Å². The Bertz CT molecular complexity index is 684. The number of hydrogen-bond donors (Lipinski definition) is 1. The standard InChI is InChI=1S/C15H17N3O4S/c1-4-12-13(23-18-17-12)15(20)22-9(2)14(19)16-10-5-7-11(21-3)8-6-10/h5-9H,4H2,1-3H3,(H,16,19). The van der Waals surface area contributed by atoms with Crippen molar-refractivity contribution in [3.8, 4) is 5.75 Å². The highest BCUT2D eigenvalue weighted by molar-refractivity contribution is 7.07. The molecule has 2 aromatic rings. The average molecular weight is 335 g/mol. The fraction of sp³-hybridized carbons (Fsp3) is 0.333. The van der Waals surface area contributed by atoms with E-state index in [0.717, 1.165) is 11.5 Å². The molecular weight excluding hydrogens is 318 g/mol. The summed E-state index contributed by atoms with van der Waals surface area (Å²) < 4.78 is 13.9. The summed E-state index contributed by atoms with van der Waals surface area (Å²) in [6, 6.07) is 6.85. The third-order valence-corrected chi connectivity index (χ3v) is 3.83. The van der Waals surface area contributed by atoms with Gasteiger partial charge in [0.05, 0.1) is 12.8 Å². The van der Waals surface area contributed by atoms with Crippen LogP contribution < -0.4 is 10.1 Å². The number of rotatable bonds is 6. The highest BCUT2D eigenvalue weighted by atomic mass is 32.1. The molecule has 0 radical (unpaired) electrons. The molecule has 122 valence electrons. The number of esters is 1. The number of anilines is 1. The van der Waals surface area contributed by atoms with Gasteiger partial charge in [0.25, 0.3) is 5.91 Å². The molecule has 8 heteroatoms. The molecule has 0 saturated heterocycles. The van der Waals surface area contributed by atoms with E-state index in [-0.39, 0.29) is 0 Å².